The van der Waals surface area contributed by atoms with E-state index in [2.05, 4.69) is 54.6 Å². The first-order chi connectivity index (χ1) is 15.3. The van der Waals surface area contributed by atoms with Gasteiger partial charge in [-0.05, 0) is 72.6 Å². The highest BCUT2D eigenvalue weighted by Crippen LogP contribution is 2.34. The summed E-state index contributed by atoms with van der Waals surface area (Å²) in [4.78, 5) is 0. The van der Waals surface area contributed by atoms with Crippen LogP contribution < -0.4 is 0 Å². The van der Waals surface area contributed by atoms with Crippen LogP contribution in [0.15, 0.2) is 60.7 Å². The van der Waals surface area contributed by atoms with Gasteiger partial charge in [-0.25, -0.2) is 0 Å². The molecule has 2 heteroatoms. The number of alkyl halides is 1. The van der Waals surface area contributed by atoms with Crippen molar-refractivity contribution in [3.8, 4) is 11.1 Å². The minimum absolute atomic E-state index is 0.229. The van der Waals surface area contributed by atoms with E-state index in [1.807, 2.05) is 6.08 Å². The lowest BCUT2D eigenvalue weighted by molar-refractivity contribution is 0.202. The summed E-state index contributed by atoms with van der Waals surface area (Å²) < 4.78 is 17.3. The Labute approximate surface area is 188 Å². The first-order valence-corrected chi connectivity index (χ1v) is 12.2. The molecular formula is C29H39FO. The molecule has 1 saturated carbocycles. The maximum absolute atomic E-state index is 12.1. The van der Waals surface area contributed by atoms with Gasteiger partial charge in [-0.3, -0.25) is 4.39 Å². The molecule has 0 bridgehead atoms. The molecule has 0 aliphatic heterocycles. The average molecular weight is 423 g/mol. The van der Waals surface area contributed by atoms with E-state index in [-0.39, 0.29) is 6.67 Å². The van der Waals surface area contributed by atoms with Crippen LogP contribution >= 0.6 is 0 Å². The van der Waals surface area contributed by atoms with Crippen LogP contribution in [-0.4, -0.2) is 20.4 Å². The largest absolute Gasteiger partial charge is 0.384 e. The summed E-state index contributed by atoms with van der Waals surface area (Å²) in [5, 5.41) is 0. The Morgan fingerprint density at radius 1 is 0.742 bits per heavy atom. The number of ether oxygens (including phenoxy) is 1. The zero-order valence-electron chi connectivity index (χ0n) is 19.2. The molecule has 0 saturated heterocycles. The molecule has 3 rings (SSSR count). The van der Waals surface area contributed by atoms with Crippen molar-refractivity contribution in [3.05, 3.63) is 71.8 Å². The van der Waals surface area contributed by atoms with E-state index in [0.717, 1.165) is 31.3 Å². The molecule has 1 aliphatic carbocycles. The standard InChI is InChI=1S/C29H39FO/c1-31-23-21-27-15-19-29(20-16-27)28-17-13-26(14-18-28)12-11-25-9-7-24(8-10-25)6-4-2-3-5-22-30/h2-3,13-20,24-25H,4-12,21-23H2,1H3. The van der Waals surface area contributed by atoms with Crippen molar-refractivity contribution in [3.63, 3.8) is 0 Å². The first-order valence-electron chi connectivity index (χ1n) is 12.2. The highest BCUT2D eigenvalue weighted by molar-refractivity contribution is 5.64. The van der Waals surface area contributed by atoms with E-state index in [1.165, 1.54) is 67.2 Å². The Balaban J connectivity index is 1.38. The van der Waals surface area contributed by atoms with E-state index < -0.39 is 0 Å². The Bertz CT molecular complexity index is 754. The van der Waals surface area contributed by atoms with Crippen LogP contribution in [-0.2, 0) is 17.6 Å². The summed E-state index contributed by atoms with van der Waals surface area (Å²) in [5.41, 5.74) is 5.36. The Hall–Kier alpha value is -1.93. The number of aryl methyl sites for hydroxylation is 1. The Kier molecular flexibility index (Phi) is 10.3. The third-order valence-corrected chi connectivity index (χ3v) is 6.83. The van der Waals surface area contributed by atoms with Crippen LogP contribution in [0.4, 0.5) is 4.39 Å². The van der Waals surface area contributed by atoms with Gasteiger partial charge >= 0.3 is 0 Å². The quantitative estimate of drug-likeness (QED) is 0.315. The molecule has 0 atom stereocenters. The molecule has 0 radical (unpaired) electrons. The normalized spacial score (nSPS) is 19.2. The van der Waals surface area contributed by atoms with Crippen LogP contribution in [0.5, 0.6) is 0 Å². The predicted molar refractivity (Wildman–Crippen MR) is 130 cm³/mol. The average Bonchev–Trinajstić information content (AvgIpc) is 2.83. The molecule has 31 heavy (non-hydrogen) atoms. The lowest BCUT2D eigenvalue weighted by atomic mass is 9.78. The van der Waals surface area contributed by atoms with Crippen molar-refractivity contribution in [1.29, 1.82) is 0 Å². The van der Waals surface area contributed by atoms with E-state index in [4.69, 9.17) is 4.74 Å². The number of hydrogen-bond acceptors (Lipinski definition) is 1. The van der Waals surface area contributed by atoms with Gasteiger partial charge in [0.15, 0.2) is 0 Å². The van der Waals surface area contributed by atoms with Gasteiger partial charge in [0.2, 0.25) is 0 Å². The third-order valence-electron chi connectivity index (χ3n) is 6.83. The van der Waals surface area contributed by atoms with Crippen LogP contribution in [0.1, 0.15) is 62.5 Å². The van der Waals surface area contributed by atoms with Gasteiger partial charge in [0.25, 0.3) is 0 Å². The summed E-state index contributed by atoms with van der Waals surface area (Å²) in [5.74, 6) is 1.77. The molecular weight excluding hydrogens is 383 g/mol. The zero-order valence-corrected chi connectivity index (χ0v) is 19.2. The second-order valence-electron chi connectivity index (χ2n) is 9.09. The van der Waals surface area contributed by atoms with E-state index in [9.17, 15) is 4.39 Å². The van der Waals surface area contributed by atoms with Gasteiger partial charge in [0, 0.05) is 7.11 Å². The number of rotatable bonds is 12. The summed E-state index contributed by atoms with van der Waals surface area (Å²) in [6, 6.07) is 18.0. The topological polar surface area (TPSA) is 9.23 Å². The van der Waals surface area contributed by atoms with E-state index in [0.29, 0.717) is 6.42 Å². The Morgan fingerprint density at radius 2 is 1.26 bits per heavy atom. The SMILES string of the molecule is COCCc1ccc(-c2ccc(CCC3CCC(CCC=CCCF)CC3)cc2)cc1. The molecule has 0 amide bonds. The lowest BCUT2D eigenvalue weighted by Crippen LogP contribution is -2.15. The summed E-state index contributed by atoms with van der Waals surface area (Å²) in [6.45, 7) is 0.543. The molecule has 0 unspecified atom stereocenters. The Morgan fingerprint density at radius 3 is 1.81 bits per heavy atom. The predicted octanol–water partition coefficient (Wildman–Crippen LogP) is 7.98. The van der Waals surface area contributed by atoms with Gasteiger partial charge in [-0.2, -0.15) is 0 Å². The summed E-state index contributed by atoms with van der Waals surface area (Å²) in [7, 11) is 1.75. The van der Waals surface area contributed by atoms with E-state index >= 15 is 0 Å². The highest BCUT2D eigenvalue weighted by atomic mass is 19.1. The first kappa shape index (κ1) is 23.7. The fraction of sp³-hybridized carbons (Fsp3) is 0.517. The maximum Gasteiger partial charge on any atom is 0.0928 e. The number of methoxy groups -OCH3 is 1. The molecule has 1 fully saturated rings. The van der Waals surface area contributed by atoms with Crippen molar-refractivity contribution in [2.24, 2.45) is 11.8 Å². The van der Waals surface area contributed by atoms with E-state index in [1.54, 1.807) is 7.11 Å². The van der Waals surface area contributed by atoms with Crippen LogP contribution in [0.3, 0.4) is 0 Å². The number of allylic oxidation sites excluding steroid dienone is 2. The minimum atomic E-state index is -0.229. The maximum atomic E-state index is 12.1. The molecule has 0 N–H and O–H groups in total. The van der Waals surface area contributed by atoms with Gasteiger partial charge in [0.05, 0.1) is 13.3 Å². The molecule has 168 valence electrons. The van der Waals surface area contributed by atoms with Crippen molar-refractivity contribution >= 4 is 0 Å². The number of benzene rings is 2. The molecule has 0 heterocycles. The second kappa shape index (κ2) is 13.5. The van der Waals surface area contributed by atoms with Crippen molar-refractivity contribution in [1.82, 2.24) is 0 Å². The minimum Gasteiger partial charge on any atom is -0.384 e. The van der Waals surface area contributed by atoms with Gasteiger partial charge in [-0.1, -0.05) is 86.4 Å². The summed E-state index contributed by atoms with van der Waals surface area (Å²) in [6.07, 6.45) is 16.1. The van der Waals surface area contributed by atoms with Gasteiger partial charge < -0.3 is 4.74 Å². The smallest absolute Gasteiger partial charge is 0.0928 e. The molecule has 0 spiro atoms. The van der Waals surface area contributed by atoms with Crippen LogP contribution in [0.25, 0.3) is 11.1 Å². The van der Waals surface area contributed by atoms with Crippen molar-refractivity contribution < 1.29 is 9.13 Å². The number of halogens is 1. The lowest BCUT2D eigenvalue weighted by Gasteiger charge is -2.28. The molecule has 1 aliphatic rings. The fourth-order valence-corrected chi connectivity index (χ4v) is 4.76. The molecule has 2 aromatic carbocycles. The van der Waals surface area contributed by atoms with Crippen molar-refractivity contribution in [2.45, 2.75) is 64.2 Å². The number of hydrogen-bond donors (Lipinski definition) is 0. The van der Waals surface area contributed by atoms with Gasteiger partial charge in [0.1, 0.15) is 0 Å². The molecule has 2 aromatic rings. The molecule has 1 nitrogen and oxygen atoms in total. The molecule has 0 aromatic heterocycles. The van der Waals surface area contributed by atoms with Gasteiger partial charge in [-0.15, -0.1) is 0 Å². The highest BCUT2D eigenvalue weighted by Gasteiger charge is 2.20. The fourth-order valence-electron chi connectivity index (χ4n) is 4.76. The summed E-state index contributed by atoms with van der Waals surface area (Å²) >= 11 is 0. The van der Waals surface area contributed by atoms with Crippen molar-refractivity contribution in [2.75, 3.05) is 20.4 Å². The van der Waals surface area contributed by atoms with Crippen LogP contribution in [0, 0.1) is 11.8 Å². The second-order valence-corrected chi connectivity index (χ2v) is 9.09. The third kappa shape index (κ3) is 8.26. The monoisotopic (exact) mass is 422 g/mol. The van der Waals surface area contributed by atoms with Crippen LogP contribution in [0.2, 0.25) is 0 Å². The zero-order chi connectivity index (χ0) is 21.7.